The van der Waals surface area contributed by atoms with Crippen LogP contribution in [0.2, 0.25) is 0 Å². The van der Waals surface area contributed by atoms with Crippen LogP contribution in [0.1, 0.15) is 20.8 Å². The van der Waals surface area contributed by atoms with Crippen LogP contribution in [-0.4, -0.2) is 28.3 Å². The minimum absolute atomic E-state index is 0.0109. The van der Waals surface area contributed by atoms with E-state index in [2.05, 4.69) is 15.5 Å². The van der Waals surface area contributed by atoms with Gasteiger partial charge in [-0.25, -0.2) is 0 Å². The number of carbonyl (C=O) groups excluding carboxylic acids is 1. The average Bonchev–Trinajstić information content (AvgIpc) is 2.47. The molecule has 0 atom stereocenters. The van der Waals surface area contributed by atoms with Crippen molar-refractivity contribution in [3.05, 3.63) is 0 Å². The summed E-state index contributed by atoms with van der Waals surface area (Å²) in [5, 5.41) is 10.5. The minimum Gasteiger partial charge on any atom is -0.374 e. The molecule has 84 valence electrons. The number of nitrogens with zero attached hydrogens (tertiary/aromatic N) is 2. The number of amides is 1. The highest BCUT2D eigenvalue weighted by molar-refractivity contribution is 7.18. The zero-order valence-electron chi connectivity index (χ0n) is 8.90. The van der Waals surface area contributed by atoms with Crippen LogP contribution in [0.15, 0.2) is 0 Å². The van der Waals surface area contributed by atoms with Gasteiger partial charge in [-0.15, -0.1) is 10.2 Å². The van der Waals surface area contributed by atoms with E-state index in [4.69, 9.17) is 10.5 Å². The predicted octanol–water partition coefficient (Wildman–Crippen LogP) is 0.874. The van der Waals surface area contributed by atoms with E-state index in [1.54, 1.807) is 0 Å². The van der Waals surface area contributed by atoms with Crippen LogP contribution < -0.4 is 11.1 Å². The van der Waals surface area contributed by atoms with Crippen LogP contribution in [0.5, 0.6) is 0 Å². The Bertz CT molecular complexity index is 345. The summed E-state index contributed by atoms with van der Waals surface area (Å²) < 4.78 is 5.28. The molecule has 7 heteroatoms. The number of ether oxygens (including phenoxy) is 1. The van der Waals surface area contributed by atoms with Crippen molar-refractivity contribution < 1.29 is 9.53 Å². The van der Waals surface area contributed by atoms with E-state index >= 15 is 0 Å². The molecule has 0 fully saturated rings. The Morgan fingerprint density at radius 1 is 1.53 bits per heavy atom. The highest BCUT2D eigenvalue weighted by Crippen LogP contribution is 2.16. The Morgan fingerprint density at radius 3 is 2.67 bits per heavy atom. The fourth-order valence-corrected chi connectivity index (χ4v) is 1.25. The van der Waals surface area contributed by atoms with Gasteiger partial charge in [0.2, 0.25) is 10.3 Å². The molecule has 1 rings (SSSR count). The maximum Gasteiger partial charge on any atom is 0.252 e. The van der Waals surface area contributed by atoms with Gasteiger partial charge in [0.05, 0.1) is 5.60 Å². The maximum absolute atomic E-state index is 11.3. The Kier molecular flexibility index (Phi) is 3.59. The highest BCUT2D eigenvalue weighted by Gasteiger charge is 2.13. The fraction of sp³-hybridized carbons (Fsp3) is 0.625. The Morgan fingerprint density at radius 2 is 2.20 bits per heavy atom. The van der Waals surface area contributed by atoms with Crippen molar-refractivity contribution >= 4 is 27.5 Å². The van der Waals surface area contributed by atoms with Crippen molar-refractivity contribution in [2.45, 2.75) is 26.4 Å². The molecule has 0 aliphatic heterocycles. The molecule has 0 aromatic carbocycles. The lowest BCUT2D eigenvalue weighted by Crippen LogP contribution is -2.27. The Hall–Kier alpha value is -1.21. The summed E-state index contributed by atoms with van der Waals surface area (Å²) in [6, 6.07) is 0. The third-order valence-corrected chi connectivity index (χ3v) is 1.99. The molecular weight excluding hydrogens is 216 g/mol. The van der Waals surface area contributed by atoms with Crippen LogP contribution in [0.25, 0.3) is 0 Å². The van der Waals surface area contributed by atoms with E-state index in [9.17, 15) is 4.79 Å². The normalized spacial score (nSPS) is 11.4. The first-order chi connectivity index (χ1) is 6.87. The number of rotatable bonds is 3. The van der Waals surface area contributed by atoms with Crippen molar-refractivity contribution in [2.24, 2.45) is 0 Å². The summed E-state index contributed by atoms with van der Waals surface area (Å²) >= 11 is 1.12. The van der Waals surface area contributed by atoms with E-state index in [-0.39, 0.29) is 18.1 Å². The molecule has 0 aliphatic rings. The molecule has 3 N–H and O–H groups in total. The topological polar surface area (TPSA) is 90.1 Å². The zero-order valence-corrected chi connectivity index (χ0v) is 9.72. The van der Waals surface area contributed by atoms with Gasteiger partial charge in [0.1, 0.15) is 6.61 Å². The number of carbonyl (C=O) groups is 1. The molecule has 0 bridgehead atoms. The van der Waals surface area contributed by atoms with Crippen LogP contribution in [0.4, 0.5) is 10.3 Å². The second kappa shape index (κ2) is 4.54. The Balaban J connectivity index is 2.37. The molecule has 0 saturated heterocycles. The molecule has 0 aliphatic carbocycles. The van der Waals surface area contributed by atoms with Crippen LogP contribution in [0.3, 0.4) is 0 Å². The van der Waals surface area contributed by atoms with Gasteiger partial charge in [-0.2, -0.15) is 0 Å². The van der Waals surface area contributed by atoms with Gasteiger partial charge in [0.15, 0.2) is 0 Å². The summed E-state index contributed by atoms with van der Waals surface area (Å²) in [7, 11) is 0. The van der Waals surface area contributed by atoms with E-state index in [0.717, 1.165) is 11.3 Å². The van der Waals surface area contributed by atoms with Crippen LogP contribution in [0, 0.1) is 0 Å². The number of nitrogens with one attached hydrogen (secondary N) is 1. The van der Waals surface area contributed by atoms with Crippen molar-refractivity contribution in [2.75, 3.05) is 17.7 Å². The second-order valence-corrected chi connectivity index (χ2v) is 4.90. The molecule has 1 heterocycles. The number of anilines is 2. The number of hydrogen-bond acceptors (Lipinski definition) is 6. The van der Waals surface area contributed by atoms with Gasteiger partial charge < -0.3 is 10.5 Å². The summed E-state index contributed by atoms with van der Waals surface area (Å²) in [4.78, 5) is 11.3. The van der Waals surface area contributed by atoms with Gasteiger partial charge >= 0.3 is 0 Å². The van der Waals surface area contributed by atoms with Crippen molar-refractivity contribution in [1.29, 1.82) is 0 Å². The monoisotopic (exact) mass is 230 g/mol. The van der Waals surface area contributed by atoms with E-state index in [0.29, 0.717) is 10.3 Å². The van der Waals surface area contributed by atoms with E-state index in [1.165, 1.54) is 0 Å². The smallest absolute Gasteiger partial charge is 0.252 e. The van der Waals surface area contributed by atoms with E-state index in [1.807, 2.05) is 20.8 Å². The third-order valence-electron chi connectivity index (χ3n) is 1.32. The molecule has 1 aromatic rings. The first-order valence-electron chi connectivity index (χ1n) is 4.39. The minimum atomic E-state index is -0.336. The van der Waals surface area contributed by atoms with Crippen LogP contribution in [-0.2, 0) is 9.53 Å². The van der Waals surface area contributed by atoms with Gasteiger partial charge in [-0.3, -0.25) is 10.1 Å². The SMILES string of the molecule is CC(C)(C)OCC(=O)Nc1nnc(N)s1. The fourth-order valence-electron chi connectivity index (χ4n) is 0.722. The third kappa shape index (κ3) is 4.71. The van der Waals surface area contributed by atoms with Gasteiger partial charge in [0.25, 0.3) is 5.91 Å². The quantitative estimate of drug-likeness (QED) is 0.804. The Labute approximate surface area is 91.8 Å². The van der Waals surface area contributed by atoms with E-state index < -0.39 is 0 Å². The molecule has 0 radical (unpaired) electrons. The molecular formula is C8H14N4O2S. The number of nitrogens with two attached hydrogens (primary N) is 1. The molecule has 6 nitrogen and oxygen atoms in total. The second-order valence-electron chi connectivity index (χ2n) is 3.89. The molecule has 1 amide bonds. The average molecular weight is 230 g/mol. The molecule has 15 heavy (non-hydrogen) atoms. The van der Waals surface area contributed by atoms with Crippen LogP contribution >= 0.6 is 11.3 Å². The molecule has 0 saturated carbocycles. The van der Waals surface area contributed by atoms with Crippen molar-refractivity contribution in [3.63, 3.8) is 0 Å². The predicted molar refractivity (Wildman–Crippen MR) is 58.7 cm³/mol. The summed E-state index contributed by atoms with van der Waals surface area (Å²) in [5.74, 6) is -0.263. The lowest BCUT2D eigenvalue weighted by Gasteiger charge is -2.18. The van der Waals surface area contributed by atoms with Gasteiger partial charge in [-0.05, 0) is 20.8 Å². The first kappa shape index (κ1) is 11.9. The largest absolute Gasteiger partial charge is 0.374 e. The molecule has 0 spiro atoms. The summed E-state index contributed by atoms with van der Waals surface area (Å²) in [5.41, 5.74) is 5.02. The molecule has 1 aromatic heterocycles. The first-order valence-corrected chi connectivity index (χ1v) is 5.21. The van der Waals surface area contributed by atoms with Gasteiger partial charge in [0, 0.05) is 0 Å². The van der Waals surface area contributed by atoms with Gasteiger partial charge in [-0.1, -0.05) is 11.3 Å². The summed E-state index contributed by atoms with van der Waals surface area (Å²) in [6.45, 7) is 5.62. The number of aromatic nitrogens is 2. The lowest BCUT2D eigenvalue weighted by molar-refractivity contribution is -0.125. The standard InChI is InChI=1S/C8H14N4O2S/c1-8(2,3)14-4-5(13)10-7-12-11-6(9)15-7/h4H2,1-3H3,(H2,9,11)(H,10,12,13). The highest BCUT2D eigenvalue weighted by atomic mass is 32.1. The van der Waals surface area contributed by atoms with Crippen molar-refractivity contribution in [1.82, 2.24) is 10.2 Å². The maximum atomic E-state index is 11.3. The lowest BCUT2D eigenvalue weighted by atomic mass is 10.2. The number of nitrogen functional groups attached to an aromatic ring is 1. The van der Waals surface area contributed by atoms with Crippen molar-refractivity contribution in [3.8, 4) is 0 Å². The number of hydrogen-bond donors (Lipinski definition) is 2. The summed E-state index contributed by atoms with van der Waals surface area (Å²) in [6.07, 6.45) is 0. The molecule has 0 unspecified atom stereocenters. The zero-order chi connectivity index (χ0) is 11.5.